The highest BCUT2D eigenvalue weighted by Crippen LogP contribution is 2.47. The van der Waals surface area contributed by atoms with E-state index in [0.717, 1.165) is 25.1 Å². The molecule has 0 bridgehead atoms. The van der Waals surface area contributed by atoms with Crippen molar-refractivity contribution in [2.45, 2.75) is 11.8 Å². The normalized spacial score (nSPS) is 11.2. The van der Waals surface area contributed by atoms with Gasteiger partial charge < -0.3 is 14.3 Å². The van der Waals surface area contributed by atoms with E-state index in [1.165, 1.54) is 24.3 Å². The number of hydrogen-bond donors (Lipinski definition) is 2. The second-order valence-corrected chi connectivity index (χ2v) is 7.26. The molecule has 2 aromatic carbocycles. The molecule has 3 aromatic rings. The third kappa shape index (κ3) is 3.81. The van der Waals surface area contributed by atoms with Gasteiger partial charge in [-0.3, -0.25) is 4.79 Å². The number of carbonyl (C=O) groups excluding carboxylic acids is 1. The zero-order valence-electron chi connectivity index (χ0n) is 14.3. The molecule has 2 N–H and O–H groups in total. The lowest BCUT2D eigenvalue weighted by molar-refractivity contribution is -0.131. The van der Waals surface area contributed by atoms with Gasteiger partial charge in [0.25, 0.3) is 15.9 Å². The third-order valence-corrected chi connectivity index (χ3v) is 4.90. The van der Waals surface area contributed by atoms with Crippen LogP contribution in [0.4, 0.5) is 14.7 Å². The lowest BCUT2D eigenvalue weighted by Crippen LogP contribution is -2.13. The Labute approximate surface area is 158 Å². The summed E-state index contributed by atoms with van der Waals surface area (Å²) in [5.74, 6) is -5.59. The van der Waals surface area contributed by atoms with Crippen LogP contribution in [0.3, 0.4) is 0 Å². The van der Waals surface area contributed by atoms with Gasteiger partial charge in [-0.2, -0.15) is 0 Å². The summed E-state index contributed by atoms with van der Waals surface area (Å²) in [7, 11) is -4.15. The molecule has 0 spiro atoms. The first-order valence-corrected chi connectivity index (χ1v) is 9.25. The van der Waals surface area contributed by atoms with Gasteiger partial charge in [0.1, 0.15) is 0 Å². The molecular formula is C18H13F2NO6S. The number of furan rings is 1. The molecule has 0 amide bonds. The van der Waals surface area contributed by atoms with Crippen LogP contribution >= 0.6 is 0 Å². The Kier molecular flexibility index (Phi) is 5.06. The highest BCUT2D eigenvalue weighted by atomic mass is 32.2. The third-order valence-electron chi connectivity index (χ3n) is 3.55. The van der Waals surface area contributed by atoms with Crippen LogP contribution in [0, 0.1) is 11.6 Å². The summed E-state index contributed by atoms with van der Waals surface area (Å²) in [5.41, 5.74) is -0.102. The molecule has 0 aliphatic carbocycles. The van der Waals surface area contributed by atoms with Gasteiger partial charge in [-0.15, -0.1) is 0 Å². The van der Waals surface area contributed by atoms with E-state index in [9.17, 15) is 27.1 Å². The monoisotopic (exact) mass is 409 g/mol. The van der Waals surface area contributed by atoms with Crippen molar-refractivity contribution in [3.8, 4) is 22.8 Å². The number of benzene rings is 2. The van der Waals surface area contributed by atoms with Crippen molar-refractivity contribution >= 4 is 21.9 Å². The van der Waals surface area contributed by atoms with Crippen molar-refractivity contribution in [3.63, 3.8) is 0 Å². The number of rotatable bonds is 5. The van der Waals surface area contributed by atoms with Gasteiger partial charge in [0.05, 0.1) is 4.90 Å². The molecule has 0 atom stereocenters. The van der Waals surface area contributed by atoms with Crippen LogP contribution in [-0.2, 0) is 14.8 Å². The van der Waals surface area contributed by atoms with Crippen molar-refractivity contribution in [2.75, 3.05) is 4.72 Å². The van der Waals surface area contributed by atoms with Crippen LogP contribution in [0.1, 0.15) is 6.92 Å². The number of hydrogen-bond acceptors (Lipinski definition) is 6. The van der Waals surface area contributed by atoms with Crippen molar-refractivity contribution in [1.82, 2.24) is 0 Å². The van der Waals surface area contributed by atoms with Crippen LogP contribution in [-0.4, -0.2) is 19.5 Å². The molecule has 0 saturated heterocycles. The van der Waals surface area contributed by atoms with Crippen LogP contribution in [0.15, 0.2) is 57.8 Å². The summed E-state index contributed by atoms with van der Waals surface area (Å²) in [6, 6.07) is 9.86. The molecule has 1 aromatic heterocycles. The molecular weight excluding hydrogens is 396 g/mol. The van der Waals surface area contributed by atoms with Crippen molar-refractivity contribution < 1.29 is 36.3 Å². The Morgan fingerprint density at radius 2 is 1.79 bits per heavy atom. The van der Waals surface area contributed by atoms with Gasteiger partial charge in [0.15, 0.2) is 17.4 Å². The lowest BCUT2D eigenvalue weighted by Gasteiger charge is -2.07. The van der Waals surface area contributed by atoms with Crippen LogP contribution < -0.4 is 9.46 Å². The smallest absolute Gasteiger partial charge is 0.308 e. The quantitative estimate of drug-likeness (QED) is 0.623. The number of carbonyl (C=O) groups is 1. The highest BCUT2D eigenvalue weighted by molar-refractivity contribution is 7.92. The molecule has 0 aliphatic rings. The summed E-state index contributed by atoms with van der Waals surface area (Å²) in [6.07, 6.45) is 0. The number of nitrogens with one attached hydrogen (secondary N) is 1. The molecule has 7 nitrogen and oxygen atoms in total. The molecule has 0 aliphatic heterocycles. The summed E-state index contributed by atoms with van der Waals surface area (Å²) in [5, 5.41) is 10.3. The van der Waals surface area contributed by atoms with Crippen LogP contribution in [0.2, 0.25) is 0 Å². The number of ether oxygens (including phenoxy) is 1. The van der Waals surface area contributed by atoms with E-state index in [-0.39, 0.29) is 10.5 Å². The standard InChI is InChI=1S/C18H13F2NO6S/c1-10(22)26-17-15(23)16(11-7-8-13(19)14(20)9-11)27-18(17)21-28(24,25)12-5-3-2-4-6-12/h2-9,21,23H,1H3. The Morgan fingerprint density at radius 3 is 2.39 bits per heavy atom. The lowest BCUT2D eigenvalue weighted by atomic mass is 10.1. The van der Waals surface area contributed by atoms with Crippen molar-refractivity contribution in [1.29, 1.82) is 0 Å². The van der Waals surface area contributed by atoms with Gasteiger partial charge in [-0.05, 0) is 30.3 Å². The average Bonchev–Trinajstić information content (AvgIpc) is 2.93. The first-order valence-electron chi connectivity index (χ1n) is 7.76. The Morgan fingerprint density at radius 1 is 1.11 bits per heavy atom. The van der Waals surface area contributed by atoms with Crippen LogP contribution in [0.25, 0.3) is 11.3 Å². The Hall–Kier alpha value is -3.40. The molecule has 10 heteroatoms. The Bertz CT molecular complexity index is 1140. The van der Waals surface area contributed by atoms with E-state index in [1.54, 1.807) is 6.07 Å². The van der Waals surface area contributed by atoms with E-state index < -0.39 is 50.8 Å². The molecule has 146 valence electrons. The van der Waals surface area contributed by atoms with E-state index in [2.05, 4.69) is 4.72 Å². The zero-order valence-corrected chi connectivity index (χ0v) is 15.1. The number of anilines is 1. The minimum Gasteiger partial charge on any atom is -0.502 e. The maximum absolute atomic E-state index is 13.5. The minimum absolute atomic E-state index is 0.102. The summed E-state index contributed by atoms with van der Waals surface area (Å²) >= 11 is 0. The van der Waals surface area contributed by atoms with Gasteiger partial charge in [-0.1, -0.05) is 18.2 Å². The number of esters is 1. The maximum Gasteiger partial charge on any atom is 0.308 e. The van der Waals surface area contributed by atoms with Gasteiger partial charge in [0.2, 0.25) is 11.5 Å². The summed E-state index contributed by atoms with van der Waals surface area (Å²) in [6.45, 7) is 1.03. The molecule has 3 rings (SSSR count). The zero-order chi connectivity index (χ0) is 20.5. The fourth-order valence-corrected chi connectivity index (χ4v) is 3.34. The minimum atomic E-state index is -4.15. The van der Waals surface area contributed by atoms with Crippen LogP contribution in [0.5, 0.6) is 11.5 Å². The first-order chi connectivity index (χ1) is 13.2. The van der Waals surface area contributed by atoms with Crippen molar-refractivity contribution in [2.24, 2.45) is 0 Å². The predicted octanol–water partition coefficient (Wildman–Crippen LogP) is 3.66. The second kappa shape index (κ2) is 7.31. The summed E-state index contributed by atoms with van der Waals surface area (Å²) in [4.78, 5) is 11.2. The fourth-order valence-electron chi connectivity index (χ4n) is 2.33. The predicted molar refractivity (Wildman–Crippen MR) is 94.3 cm³/mol. The first kappa shape index (κ1) is 19.4. The largest absolute Gasteiger partial charge is 0.502 e. The van der Waals surface area contributed by atoms with E-state index in [4.69, 9.17) is 9.15 Å². The van der Waals surface area contributed by atoms with E-state index in [1.807, 2.05) is 0 Å². The molecule has 0 radical (unpaired) electrons. The maximum atomic E-state index is 13.5. The SMILES string of the molecule is CC(=O)Oc1c(NS(=O)(=O)c2ccccc2)oc(-c2ccc(F)c(F)c2)c1O. The molecule has 0 fully saturated rings. The highest BCUT2D eigenvalue weighted by Gasteiger charge is 2.28. The Balaban J connectivity index is 2.10. The molecule has 0 saturated carbocycles. The second-order valence-electron chi connectivity index (χ2n) is 5.58. The summed E-state index contributed by atoms with van der Waals surface area (Å²) < 4.78 is 63.8. The van der Waals surface area contributed by atoms with Gasteiger partial charge >= 0.3 is 5.97 Å². The topological polar surface area (TPSA) is 106 Å². The van der Waals surface area contributed by atoms with E-state index in [0.29, 0.717) is 0 Å². The van der Waals surface area contributed by atoms with Crippen molar-refractivity contribution in [3.05, 3.63) is 60.2 Å². The number of aromatic hydroxyl groups is 1. The number of halogens is 2. The fraction of sp³-hybridized carbons (Fsp3) is 0.0556. The molecule has 28 heavy (non-hydrogen) atoms. The average molecular weight is 409 g/mol. The van der Waals surface area contributed by atoms with Gasteiger partial charge in [-0.25, -0.2) is 21.9 Å². The van der Waals surface area contributed by atoms with E-state index >= 15 is 0 Å². The van der Waals surface area contributed by atoms with Gasteiger partial charge in [0, 0.05) is 12.5 Å². The number of sulfonamides is 1. The molecule has 1 heterocycles. The molecule has 0 unspecified atom stereocenters.